The first-order chi connectivity index (χ1) is 8.99. The second-order valence-corrected chi connectivity index (χ2v) is 4.04. The summed E-state index contributed by atoms with van der Waals surface area (Å²) in [7, 11) is 1.44. The number of hydrogen-bond acceptors (Lipinski definition) is 4. The van der Waals surface area contributed by atoms with Gasteiger partial charge < -0.3 is 20.3 Å². The van der Waals surface area contributed by atoms with Crippen LogP contribution in [0.15, 0.2) is 18.2 Å². The van der Waals surface area contributed by atoms with Crippen molar-refractivity contribution in [3.8, 4) is 11.5 Å². The van der Waals surface area contributed by atoms with Gasteiger partial charge in [0.25, 0.3) is 5.91 Å². The molecule has 1 rings (SSSR count). The van der Waals surface area contributed by atoms with E-state index in [0.29, 0.717) is 18.6 Å². The molecule has 6 nitrogen and oxygen atoms in total. The number of carboxylic acids is 1. The molecule has 1 aromatic carbocycles. The van der Waals surface area contributed by atoms with Gasteiger partial charge in [-0.1, -0.05) is 13.3 Å². The van der Waals surface area contributed by atoms with E-state index in [1.165, 1.54) is 25.3 Å². The highest BCUT2D eigenvalue weighted by Crippen LogP contribution is 2.22. The van der Waals surface area contributed by atoms with E-state index in [1.54, 1.807) is 0 Å². The van der Waals surface area contributed by atoms with E-state index in [9.17, 15) is 14.7 Å². The molecule has 0 aromatic heterocycles. The predicted molar refractivity (Wildman–Crippen MR) is 68.5 cm³/mol. The van der Waals surface area contributed by atoms with Crippen molar-refractivity contribution in [2.45, 2.75) is 25.8 Å². The first kappa shape index (κ1) is 14.8. The van der Waals surface area contributed by atoms with Gasteiger partial charge in [-0.05, 0) is 24.6 Å². The molecule has 1 aromatic rings. The summed E-state index contributed by atoms with van der Waals surface area (Å²) in [5.74, 6) is -1.56. The average Bonchev–Trinajstić information content (AvgIpc) is 2.38. The standard InChI is InChI=1S/C13H17NO5/c1-3-4-10(13(17)18)14-12(16)9-7-8(19-2)5-6-11(9)15/h5-7,10,15H,3-4H2,1-2H3,(H,14,16)(H,17,18)/t10-/m0/s1. The maximum Gasteiger partial charge on any atom is 0.326 e. The number of phenols is 1. The fourth-order valence-electron chi connectivity index (χ4n) is 1.61. The number of carbonyl (C=O) groups is 2. The number of carboxylic acid groups (broad SMARTS) is 1. The van der Waals surface area contributed by atoms with Crippen LogP contribution in [0.5, 0.6) is 11.5 Å². The van der Waals surface area contributed by atoms with Crippen LogP contribution < -0.4 is 10.1 Å². The molecular formula is C13H17NO5. The van der Waals surface area contributed by atoms with Gasteiger partial charge in [0.15, 0.2) is 0 Å². The van der Waals surface area contributed by atoms with Gasteiger partial charge in [0.1, 0.15) is 17.5 Å². The molecule has 0 fully saturated rings. The third-order valence-electron chi connectivity index (χ3n) is 2.63. The Morgan fingerprint density at radius 2 is 2.11 bits per heavy atom. The Kier molecular flexibility index (Phi) is 5.17. The minimum Gasteiger partial charge on any atom is -0.507 e. The number of aromatic hydroxyl groups is 1. The fourth-order valence-corrected chi connectivity index (χ4v) is 1.61. The Labute approximate surface area is 111 Å². The summed E-state index contributed by atoms with van der Waals surface area (Å²) >= 11 is 0. The highest BCUT2D eigenvalue weighted by molar-refractivity contribution is 5.99. The maximum absolute atomic E-state index is 11.9. The second-order valence-electron chi connectivity index (χ2n) is 4.04. The Balaban J connectivity index is 2.90. The molecule has 0 saturated carbocycles. The molecule has 0 spiro atoms. The van der Waals surface area contributed by atoms with Gasteiger partial charge in [0.2, 0.25) is 0 Å². The predicted octanol–water partition coefficient (Wildman–Crippen LogP) is 1.38. The van der Waals surface area contributed by atoms with E-state index in [-0.39, 0.29) is 11.3 Å². The quantitative estimate of drug-likeness (QED) is 0.723. The van der Waals surface area contributed by atoms with Gasteiger partial charge in [-0.25, -0.2) is 4.79 Å². The molecule has 0 unspecified atom stereocenters. The number of aliphatic carboxylic acids is 1. The lowest BCUT2D eigenvalue weighted by molar-refractivity contribution is -0.139. The molecule has 0 saturated heterocycles. The Morgan fingerprint density at radius 1 is 1.42 bits per heavy atom. The van der Waals surface area contributed by atoms with Crippen molar-refractivity contribution >= 4 is 11.9 Å². The molecule has 0 heterocycles. The molecule has 0 radical (unpaired) electrons. The zero-order chi connectivity index (χ0) is 14.4. The summed E-state index contributed by atoms with van der Waals surface area (Å²) in [5.41, 5.74) is -0.0123. The molecule has 0 aliphatic heterocycles. The second kappa shape index (κ2) is 6.63. The molecular weight excluding hydrogens is 250 g/mol. The van der Waals surface area contributed by atoms with Crippen molar-refractivity contribution in [3.63, 3.8) is 0 Å². The van der Waals surface area contributed by atoms with Crippen LogP contribution in [0.1, 0.15) is 30.1 Å². The molecule has 0 aliphatic carbocycles. The Morgan fingerprint density at radius 3 is 2.63 bits per heavy atom. The molecule has 1 atom stereocenters. The smallest absolute Gasteiger partial charge is 0.326 e. The third-order valence-corrected chi connectivity index (χ3v) is 2.63. The summed E-state index contributed by atoms with van der Waals surface area (Å²) in [6.07, 6.45) is 0.952. The van der Waals surface area contributed by atoms with E-state index in [0.717, 1.165) is 0 Å². The number of benzene rings is 1. The maximum atomic E-state index is 11.9. The zero-order valence-electron chi connectivity index (χ0n) is 10.8. The lowest BCUT2D eigenvalue weighted by Gasteiger charge is -2.14. The number of hydrogen-bond donors (Lipinski definition) is 3. The van der Waals surface area contributed by atoms with Gasteiger partial charge in [-0.2, -0.15) is 0 Å². The first-order valence-electron chi connectivity index (χ1n) is 5.90. The Bertz CT molecular complexity index is 472. The van der Waals surface area contributed by atoms with E-state index in [4.69, 9.17) is 9.84 Å². The highest BCUT2D eigenvalue weighted by Gasteiger charge is 2.21. The number of carbonyl (C=O) groups excluding carboxylic acids is 1. The van der Waals surface area contributed by atoms with Crippen LogP contribution in [0, 0.1) is 0 Å². The number of rotatable bonds is 6. The van der Waals surface area contributed by atoms with Crippen molar-refractivity contribution < 1.29 is 24.5 Å². The summed E-state index contributed by atoms with van der Waals surface area (Å²) < 4.78 is 4.95. The van der Waals surface area contributed by atoms with Gasteiger partial charge in [-0.3, -0.25) is 4.79 Å². The minimum atomic E-state index is -1.10. The summed E-state index contributed by atoms with van der Waals surface area (Å²) in [5, 5.41) is 21.0. The van der Waals surface area contributed by atoms with Crippen molar-refractivity contribution in [1.82, 2.24) is 5.32 Å². The lowest BCUT2D eigenvalue weighted by Crippen LogP contribution is -2.40. The van der Waals surface area contributed by atoms with Crippen molar-refractivity contribution in [1.29, 1.82) is 0 Å². The normalized spacial score (nSPS) is 11.7. The number of ether oxygens (including phenoxy) is 1. The number of amides is 1. The largest absolute Gasteiger partial charge is 0.507 e. The number of methoxy groups -OCH3 is 1. The summed E-state index contributed by atoms with van der Waals surface area (Å²) in [6.45, 7) is 1.82. The number of nitrogens with one attached hydrogen (secondary N) is 1. The van der Waals surface area contributed by atoms with Crippen LogP contribution in [0.2, 0.25) is 0 Å². The van der Waals surface area contributed by atoms with E-state index >= 15 is 0 Å². The van der Waals surface area contributed by atoms with Crippen LogP contribution >= 0.6 is 0 Å². The topological polar surface area (TPSA) is 95.9 Å². The molecule has 104 valence electrons. The first-order valence-corrected chi connectivity index (χ1v) is 5.90. The molecule has 3 N–H and O–H groups in total. The Hall–Kier alpha value is -2.24. The van der Waals surface area contributed by atoms with Gasteiger partial charge in [0.05, 0.1) is 12.7 Å². The van der Waals surface area contributed by atoms with Crippen LogP contribution in [0.25, 0.3) is 0 Å². The van der Waals surface area contributed by atoms with Crippen LogP contribution in [-0.4, -0.2) is 35.2 Å². The van der Waals surface area contributed by atoms with Crippen molar-refractivity contribution in [3.05, 3.63) is 23.8 Å². The van der Waals surface area contributed by atoms with E-state index in [1.807, 2.05) is 6.92 Å². The van der Waals surface area contributed by atoms with Crippen LogP contribution in [0.4, 0.5) is 0 Å². The summed E-state index contributed by atoms with van der Waals surface area (Å²) in [6, 6.07) is 3.22. The zero-order valence-corrected chi connectivity index (χ0v) is 10.8. The third kappa shape index (κ3) is 3.87. The SMILES string of the molecule is CCC[C@H](NC(=O)c1cc(OC)ccc1O)C(=O)O. The minimum absolute atomic E-state index is 0.0123. The average molecular weight is 267 g/mol. The van der Waals surface area contributed by atoms with Crippen molar-refractivity contribution in [2.75, 3.05) is 7.11 Å². The monoisotopic (exact) mass is 267 g/mol. The molecule has 19 heavy (non-hydrogen) atoms. The number of phenolic OH excluding ortho intramolecular Hbond substituents is 1. The fraction of sp³-hybridized carbons (Fsp3) is 0.385. The molecule has 6 heteroatoms. The molecule has 0 bridgehead atoms. The molecule has 0 aliphatic rings. The van der Waals surface area contributed by atoms with E-state index in [2.05, 4.69) is 5.32 Å². The van der Waals surface area contributed by atoms with Gasteiger partial charge in [-0.15, -0.1) is 0 Å². The van der Waals surface area contributed by atoms with E-state index < -0.39 is 17.9 Å². The van der Waals surface area contributed by atoms with Crippen LogP contribution in [-0.2, 0) is 4.79 Å². The van der Waals surface area contributed by atoms with Gasteiger partial charge in [0, 0.05) is 0 Å². The van der Waals surface area contributed by atoms with Crippen molar-refractivity contribution in [2.24, 2.45) is 0 Å². The van der Waals surface area contributed by atoms with Gasteiger partial charge >= 0.3 is 5.97 Å². The highest BCUT2D eigenvalue weighted by atomic mass is 16.5. The van der Waals surface area contributed by atoms with Crippen LogP contribution in [0.3, 0.4) is 0 Å². The summed E-state index contributed by atoms with van der Waals surface area (Å²) in [4.78, 5) is 22.9. The lowest BCUT2D eigenvalue weighted by atomic mass is 10.1. The molecule has 1 amide bonds.